The van der Waals surface area contributed by atoms with Crippen LogP contribution in [0.4, 0.5) is 39.8 Å². The van der Waals surface area contributed by atoms with Gasteiger partial charge >= 0.3 is 11.4 Å². The number of rotatable bonds is 4. The van der Waals surface area contributed by atoms with Crippen molar-refractivity contribution < 1.29 is 54.0 Å². The van der Waals surface area contributed by atoms with E-state index in [0.717, 1.165) is 196 Å². The van der Waals surface area contributed by atoms with E-state index in [1.54, 1.807) is 12.1 Å². The Bertz CT molecular complexity index is 2780. The molecule has 0 radical (unpaired) electrons. The molecule has 436 valence electrons. The fourth-order valence-corrected chi connectivity index (χ4v) is 11.2. The summed E-state index contributed by atoms with van der Waals surface area (Å²) in [6.07, 6.45) is 10.0. The number of hydrogen-bond acceptors (Lipinski definition) is 16. The molecule has 5 aromatic carbocycles. The van der Waals surface area contributed by atoms with Crippen molar-refractivity contribution in [2.45, 2.75) is 79.1 Å². The zero-order valence-electron chi connectivity index (χ0n) is 44.3. The Kier molecular flexibility index (Phi) is 26.3. The minimum Gasteiger partial charge on any atom is -0.491 e. The fourth-order valence-electron chi connectivity index (χ4n) is 10.1. The van der Waals surface area contributed by atoms with Gasteiger partial charge in [0.2, 0.25) is 11.5 Å². The molecule has 79 heavy (non-hydrogen) atoms. The molecule has 0 amide bonds. The molecule has 7 aliphatic rings. The van der Waals surface area contributed by atoms with Gasteiger partial charge in [0, 0.05) is 127 Å². The standard InChI is InChI=1S/C14H19N3O3.C14H21N3O.C9H8BrNO3.C9H10BrNO.C9H11NO.2CH4.CH3.Pd/c1-15-6-8-16(9-7-15)12-4-5-13(17(18)19)14-11(12)3-2-10-20-14;1-16-6-8-17(9-7-16)13-5-4-12(15)14-11(13)3-2-10-18-14;10-7-3-4-8(11(12)13)9-6(7)2-1-5-14-9;10-7-3-4-8(11)9-6(7)2-1-5-12-9;10-8-5-1-3-7-4-2-6-11-9(7)8;;;;/h4-5H,2-3,6-10H2,1H3;4-5H,2-3,6-10,15H2,1H3;3-4H,1-2,5H2;3-4H,1-2,5,11H2;1,3,5H,2,4,6,10H2;2*1H4;1H3;/q;;;;;;;-1;. The monoisotopic (exact) mass is 1310 g/mol. The van der Waals surface area contributed by atoms with Gasteiger partial charge in [-0.15, -0.1) is 0 Å². The molecular formula is C58H80Br2N9O9Pd-. The molecular weight excluding hydrogens is 1230 g/mol. The average molecular weight is 1310 g/mol. The normalized spacial score (nSPS) is 16.5. The second kappa shape index (κ2) is 31.4. The van der Waals surface area contributed by atoms with Gasteiger partial charge in [-0.3, -0.25) is 20.2 Å². The Labute approximate surface area is 497 Å². The van der Waals surface area contributed by atoms with E-state index in [2.05, 4.69) is 77.7 Å². The Morgan fingerprint density at radius 1 is 0.456 bits per heavy atom. The van der Waals surface area contributed by atoms with Crippen LogP contribution in [0.2, 0.25) is 0 Å². The SMILES string of the molecule is C.C.CN1CCN(c2ccc(N)c3c2CCCO3)CC1.CN1CCN(c2ccc([N+](=O)[O-])c3c2CCCO3)CC1.Nc1ccc(Br)c2c1OCCC2.Nc1cccc2c1OCCC2.O=[N+]([O-])c1ccc(Br)c2c1OCCC2.[CH3-].[Pd]. The quantitative estimate of drug-likeness (QED) is 0.0500. The summed E-state index contributed by atoms with van der Waals surface area (Å²) in [4.78, 5) is 30.5. The Morgan fingerprint density at radius 2 is 0.797 bits per heavy atom. The van der Waals surface area contributed by atoms with Gasteiger partial charge in [-0.25, -0.2) is 0 Å². The second-order valence-corrected chi connectivity index (χ2v) is 21.1. The Balaban J connectivity index is 0.000000214. The molecule has 0 atom stereocenters. The van der Waals surface area contributed by atoms with Crippen LogP contribution in [0.25, 0.3) is 0 Å². The van der Waals surface area contributed by atoms with Crippen LogP contribution in [0.15, 0.2) is 75.7 Å². The van der Waals surface area contributed by atoms with Crippen LogP contribution < -0.4 is 50.7 Å². The summed E-state index contributed by atoms with van der Waals surface area (Å²) in [5.74, 6) is 3.61. The number of nitro benzene ring substituents is 2. The van der Waals surface area contributed by atoms with Gasteiger partial charge in [0.05, 0.1) is 59.9 Å². The van der Waals surface area contributed by atoms with E-state index < -0.39 is 4.92 Å². The number of halogens is 2. The summed E-state index contributed by atoms with van der Waals surface area (Å²) < 4.78 is 29.6. The average Bonchev–Trinajstić information content (AvgIpc) is 3.44. The number of para-hydroxylation sites is 1. The third kappa shape index (κ3) is 16.5. The fraction of sp³-hybridized carbons (Fsp3) is 0.466. The zero-order chi connectivity index (χ0) is 53.0. The molecule has 21 heteroatoms. The summed E-state index contributed by atoms with van der Waals surface area (Å²) in [7, 11) is 4.30. The van der Waals surface area contributed by atoms with Gasteiger partial charge in [-0.05, 0) is 126 Å². The number of aryl methyl sites for hydroxylation is 1. The molecule has 0 saturated carbocycles. The van der Waals surface area contributed by atoms with E-state index in [4.69, 9.17) is 40.9 Å². The number of likely N-dealkylation sites (N-methyl/N-ethyl adjacent to an activating group) is 2. The van der Waals surface area contributed by atoms with Crippen LogP contribution in [0.5, 0.6) is 28.7 Å². The molecule has 6 N–H and O–H groups in total. The second-order valence-electron chi connectivity index (χ2n) is 19.4. The van der Waals surface area contributed by atoms with Crippen LogP contribution in [-0.4, -0.2) is 119 Å². The molecule has 0 bridgehead atoms. The first kappa shape index (κ1) is 66.0. The van der Waals surface area contributed by atoms with Crippen LogP contribution in [-0.2, 0) is 52.5 Å². The number of hydrogen-bond donors (Lipinski definition) is 3. The van der Waals surface area contributed by atoms with Crippen molar-refractivity contribution in [2.24, 2.45) is 0 Å². The molecule has 2 fully saturated rings. The van der Waals surface area contributed by atoms with E-state index in [1.165, 1.54) is 28.4 Å². The molecule has 18 nitrogen and oxygen atoms in total. The maximum Gasteiger partial charge on any atom is 0.311 e. The van der Waals surface area contributed by atoms with Crippen molar-refractivity contribution >= 4 is 71.7 Å². The van der Waals surface area contributed by atoms with Crippen molar-refractivity contribution in [3.8, 4) is 28.7 Å². The predicted octanol–water partition coefficient (Wildman–Crippen LogP) is 11.4. The minimum absolute atomic E-state index is 0. The maximum atomic E-state index is 11.1. The first-order valence-corrected chi connectivity index (χ1v) is 27.5. The third-order valence-corrected chi connectivity index (χ3v) is 15.7. The van der Waals surface area contributed by atoms with Crippen LogP contribution in [0.1, 0.15) is 74.8 Å². The first-order valence-electron chi connectivity index (χ1n) is 25.9. The van der Waals surface area contributed by atoms with Gasteiger partial charge < -0.3 is 67.9 Å². The van der Waals surface area contributed by atoms with E-state index in [9.17, 15) is 20.2 Å². The van der Waals surface area contributed by atoms with Crippen molar-refractivity contribution in [1.29, 1.82) is 0 Å². The first-order chi connectivity index (χ1) is 36.3. The molecule has 0 unspecified atom stereocenters. The van der Waals surface area contributed by atoms with E-state index in [-0.39, 0.29) is 59.0 Å². The molecule has 0 aromatic heterocycles. The summed E-state index contributed by atoms with van der Waals surface area (Å²) in [5, 5.41) is 21.8. The number of ether oxygens (including phenoxy) is 5. The molecule has 12 rings (SSSR count). The van der Waals surface area contributed by atoms with Crippen molar-refractivity contribution in [3.05, 3.63) is 131 Å². The molecule has 7 aliphatic heterocycles. The van der Waals surface area contributed by atoms with Crippen molar-refractivity contribution in [3.63, 3.8) is 0 Å². The largest absolute Gasteiger partial charge is 0.491 e. The number of nitrogen functional groups attached to an aromatic ring is 3. The predicted molar refractivity (Wildman–Crippen MR) is 323 cm³/mol. The van der Waals surface area contributed by atoms with Crippen LogP contribution >= 0.6 is 31.9 Å². The van der Waals surface area contributed by atoms with E-state index in [1.807, 2.05) is 36.4 Å². The molecule has 2 saturated heterocycles. The van der Waals surface area contributed by atoms with E-state index in [0.29, 0.717) is 24.7 Å². The van der Waals surface area contributed by atoms with Gasteiger partial charge in [0.25, 0.3) is 0 Å². The molecule has 0 spiro atoms. The van der Waals surface area contributed by atoms with Crippen molar-refractivity contribution in [2.75, 3.05) is 126 Å². The van der Waals surface area contributed by atoms with Gasteiger partial charge in [-0.1, -0.05) is 58.8 Å². The van der Waals surface area contributed by atoms with Crippen LogP contribution in [0.3, 0.4) is 0 Å². The maximum absolute atomic E-state index is 11.1. The summed E-state index contributed by atoms with van der Waals surface area (Å²) in [5.41, 5.74) is 28.1. The van der Waals surface area contributed by atoms with Gasteiger partial charge in [0.1, 0.15) is 17.2 Å². The molecule has 7 heterocycles. The number of anilines is 5. The summed E-state index contributed by atoms with van der Waals surface area (Å²) >= 11 is 6.84. The number of nitrogens with zero attached hydrogens (tertiary/aromatic N) is 6. The van der Waals surface area contributed by atoms with Crippen molar-refractivity contribution in [1.82, 2.24) is 9.80 Å². The third-order valence-electron chi connectivity index (χ3n) is 14.2. The van der Waals surface area contributed by atoms with Gasteiger partial charge in [0.15, 0.2) is 0 Å². The smallest absolute Gasteiger partial charge is 0.311 e. The topological polar surface area (TPSA) is 223 Å². The van der Waals surface area contributed by atoms with E-state index >= 15 is 0 Å². The molecule has 5 aromatic rings. The number of nitro groups is 2. The minimum atomic E-state index is -0.406. The Morgan fingerprint density at radius 3 is 1.27 bits per heavy atom. The number of fused-ring (bicyclic) bond motifs is 5. The number of piperazine rings is 2. The van der Waals surface area contributed by atoms with Gasteiger partial charge in [-0.2, -0.15) is 0 Å². The summed E-state index contributed by atoms with van der Waals surface area (Å²) in [6, 6.07) is 20.6. The van der Waals surface area contributed by atoms with Crippen LogP contribution in [0, 0.1) is 27.7 Å². The summed E-state index contributed by atoms with van der Waals surface area (Å²) in [6.45, 7) is 11.9. The molecule has 0 aliphatic carbocycles. The Hall–Kier alpha value is -5.56. The number of nitrogens with two attached hydrogens (primary N) is 3. The number of benzene rings is 5. The zero-order valence-corrected chi connectivity index (χ0v) is 49.0.